The quantitative estimate of drug-likeness (QED) is 0.911. The number of carbonyl (C=O) groups is 2. The van der Waals surface area contributed by atoms with Crippen molar-refractivity contribution in [1.82, 2.24) is 0 Å². The maximum atomic E-state index is 12.2. The van der Waals surface area contributed by atoms with Crippen LogP contribution in [0.2, 0.25) is 0 Å². The molecule has 0 heterocycles. The van der Waals surface area contributed by atoms with Gasteiger partial charge in [0.1, 0.15) is 0 Å². The van der Waals surface area contributed by atoms with Gasteiger partial charge in [-0.3, -0.25) is 9.59 Å². The normalized spacial score (nSPS) is 13.2. The molecule has 0 spiro atoms. The van der Waals surface area contributed by atoms with E-state index < -0.39 is 5.91 Å². The van der Waals surface area contributed by atoms with Gasteiger partial charge in [-0.1, -0.05) is 18.2 Å². The Bertz CT molecular complexity index is 736. The molecule has 0 aliphatic heterocycles. The lowest BCUT2D eigenvalue weighted by Crippen LogP contribution is -2.15. The molecule has 2 amide bonds. The first-order valence-electron chi connectivity index (χ1n) is 7.92. The number of nitrogens with one attached hydrogen (secondary N) is 1. The number of hydrogen-bond acceptors (Lipinski definition) is 2. The summed E-state index contributed by atoms with van der Waals surface area (Å²) in [4.78, 5) is 23.2. The Balaban J connectivity index is 1.64. The number of benzene rings is 2. The van der Waals surface area contributed by atoms with Gasteiger partial charge in [0.15, 0.2) is 0 Å². The van der Waals surface area contributed by atoms with Crippen LogP contribution in [0.4, 0.5) is 5.69 Å². The summed E-state index contributed by atoms with van der Waals surface area (Å²) in [6.45, 7) is 0. The third-order valence-electron chi connectivity index (χ3n) is 4.23. The van der Waals surface area contributed by atoms with Gasteiger partial charge < -0.3 is 11.1 Å². The predicted molar refractivity (Wildman–Crippen MR) is 90.4 cm³/mol. The Morgan fingerprint density at radius 3 is 2.35 bits per heavy atom. The third kappa shape index (κ3) is 3.77. The van der Waals surface area contributed by atoms with E-state index in [0.29, 0.717) is 17.7 Å². The molecule has 0 atom stereocenters. The molecule has 2 aromatic rings. The summed E-state index contributed by atoms with van der Waals surface area (Å²) in [5, 5.41) is 2.85. The highest BCUT2D eigenvalue weighted by Gasteiger charge is 2.11. The van der Waals surface area contributed by atoms with E-state index >= 15 is 0 Å². The van der Waals surface area contributed by atoms with Gasteiger partial charge in [0.05, 0.1) is 6.42 Å². The summed E-state index contributed by atoms with van der Waals surface area (Å²) in [6, 6.07) is 12.9. The van der Waals surface area contributed by atoms with Crippen LogP contribution in [0.1, 0.15) is 39.9 Å². The van der Waals surface area contributed by atoms with E-state index in [1.165, 1.54) is 24.0 Å². The molecule has 3 rings (SSSR count). The number of hydrogen-bond donors (Lipinski definition) is 2. The fourth-order valence-corrected chi connectivity index (χ4v) is 3.01. The minimum atomic E-state index is -0.475. The molecule has 3 N–H and O–H groups in total. The fourth-order valence-electron chi connectivity index (χ4n) is 3.01. The summed E-state index contributed by atoms with van der Waals surface area (Å²) in [7, 11) is 0. The Kier molecular flexibility index (Phi) is 4.42. The van der Waals surface area contributed by atoms with Gasteiger partial charge in [0.2, 0.25) is 11.8 Å². The third-order valence-corrected chi connectivity index (χ3v) is 4.23. The highest BCUT2D eigenvalue weighted by atomic mass is 16.1. The number of primary amides is 1. The van der Waals surface area contributed by atoms with E-state index in [1.54, 1.807) is 24.3 Å². The van der Waals surface area contributed by atoms with Gasteiger partial charge >= 0.3 is 0 Å². The molecular formula is C19H20N2O2. The zero-order valence-electron chi connectivity index (χ0n) is 13.0. The Morgan fingerprint density at radius 1 is 0.957 bits per heavy atom. The van der Waals surface area contributed by atoms with Gasteiger partial charge in [0.25, 0.3) is 0 Å². The first-order valence-corrected chi connectivity index (χ1v) is 7.92. The lowest BCUT2D eigenvalue weighted by Gasteiger charge is -2.16. The molecule has 0 bridgehead atoms. The molecule has 1 aliphatic rings. The lowest BCUT2D eigenvalue weighted by molar-refractivity contribution is -0.115. The van der Waals surface area contributed by atoms with Crippen LogP contribution in [0, 0.1) is 0 Å². The molecule has 118 valence electrons. The summed E-state index contributed by atoms with van der Waals surface area (Å²) < 4.78 is 0. The molecule has 0 radical (unpaired) electrons. The zero-order chi connectivity index (χ0) is 16.2. The summed E-state index contributed by atoms with van der Waals surface area (Å²) in [5.74, 6) is -0.537. The van der Waals surface area contributed by atoms with Gasteiger partial charge in [0, 0.05) is 11.3 Å². The second kappa shape index (κ2) is 6.65. The molecule has 0 aromatic heterocycles. The van der Waals surface area contributed by atoms with Crippen molar-refractivity contribution >= 4 is 17.5 Å². The first kappa shape index (κ1) is 15.3. The number of rotatable bonds is 4. The van der Waals surface area contributed by atoms with Crippen LogP contribution in [0.5, 0.6) is 0 Å². The summed E-state index contributed by atoms with van der Waals surface area (Å²) in [6.07, 6.45) is 5.10. The van der Waals surface area contributed by atoms with Crippen LogP contribution in [-0.4, -0.2) is 11.8 Å². The fraction of sp³-hybridized carbons (Fsp3) is 0.263. The van der Waals surface area contributed by atoms with E-state index in [2.05, 4.69) is 17.4 Å². The molecule has 2 aromatic carbocycles. The zero-order valence-corrected chi connectivity index (χ0v) is 13.0. The Hall–Kier alpha value is -2.62. The van der Waals surface area contributed by atoms with Crippen molar-refractivity contribution in [2.24, 2.45) is 5.73 Å². The maximum absolute atomic E-state index is 12.2. The van der Waals surface area contributed by atoms with E-state index in [1.807, 2.05) is 6.07 Å². The lowest BCUT2D eigenvalue weighted by atomic mass is 9.90. The van der Waals surface area contributed by atoms with Crippen LogP contribution in [0.3, 0.4) is 0 Å². The molecule has 23 heavy (non-hydrogen) atoms. The van der Waals surface area contributed by atoms with E-state index in [4.69, 9.17) is 5.73 Å². The second-order valence-electron chi connectivity index (χ2n) is 5.98. The maximum Gasteiger partial charge on any atom is 0.248 e. The van der Waals surface area contributed by atoms with E-state index in [9.17, 15) is 9.59 Å². The van der Waals surface area contributed by atoms with Crippen molar-refractivity contribution in [1.29, 1.82) is 0 Å². The highest BCUT2D eigenvalue weighted by molar-refractivity contribution is 5.95. The number of aryl methyl sites for hydroxylation is 2. The van der Waals surface area contributed by atoms with E-state index in [-0.39, 0.29) is 5.91 Å². The van der Waals surface area contributed by atoms with Gasteiger partial charge in [-0.25, -0.2) is 0 Å². The van der Waals surface area contributed by atoms with Crippen molar-refractivity contribution < 1.29 is 9.59 Å². The summed E-state index contributed by atoms with van der Waals surface area (Å²) >= 11 is 0. The van der Waals surface area contributed by atoms with Crippen LogP contribution in [0.25, 0.3) is 0 Å². The van der Waals surface area contributed by atoms with Crippen LogP contribution < -0.4 is 11.1 Å². The summed E-state index contributed by atoms with van der Waals surface area (Å²) in [5.41, 5.74) is 10.1. The molecule has 0 saturated heterocycles. The first-order chi connectivity index (χ1) is 11.1. The number of anilines is 1. The van der Waals surface area contributed by atoms with E-state index in [0.717, 1.165) is 18.4 Å². The standard InChI is InChI=1S/C19H20N2O2/c20-19(23)15-7-9-17(10-8-15)21-18(22)12-13-5-6-14-3-1-2-4-16(14)11-13/h5-11H,1-4,12H2,(H2,20,23)(H,21,22). The molecule has 4 heteroatoms. The largest absolute Gasteiger partial charge is 0.366 e. The Labute approximate surface area is 135 Å². The second-order valence-corrected chi connectivity index (χ2v) is 5.98. The molecular weight excluding hydrogens is 288 g/mol. The molecule has 0 saturated carbocycles. The van der Waals surface area contributed by atoms with Crippen molar-refractivity contribution in [2.45, 2.75) is 32.1 Å². The minimum Gasteiger partial charge on any atom is -0.366 e. The molecule has 4 nitrogen and oxygen atoms in total. The number of fused-ring (bicyclic) bond motifs is 1. The molecule has 0 fully saturated rings. The number of carbonyl (C=O) groups excluding carboxylic acids is 2. The minimum absolute atomic E-state index is 0.0624. The monoisotopic (exact) mass is 308 g/mol. The van der Waals surface area contributed by atoms with Crippen LogP contribution in [0.15, 0.2) is 42.5 Å². The van der Waals surface area contributed by atoms with Crippen LogP contribution in [-0.2, 0) is 24.1 Å². The topological polar surface area (TPSA) is 72.2 Å². The van der Waals surface area contributed by atoms with Crippen molar-refractivity contribution in [2.75, 3.05) is 5.32 Å². The average Bonchev–Trinajstić information content (AvgIpc) is 2.55. The highest BCUT2D eigenvalue weighted by Crippen LogP contribution is 2.22. The number of amides is 2. The predicted octanol–water partition coefficient (Wildman–Crippen LogP) is 2.85. The average molecular weight is 308 g/mol. The SMILES string of the molecule is NC(=O)c1ccc(NC(=O)Cc2ccc3c(c2)CCCC3)cc1. The van der Waals surface area contributed by atoms with Gasteiger partial charge in [-0.2, -0.15) is 0 Å². The van der Waals surface area contributed by atoms with Gasteiger partial charge in [-0.05, 0) is 66.6 Å². The Morgan fingerprint density at radius 2 is 1.65 bits per heavy atom. The van der Waals surface area contributed by atoms with Crippen LogP contribution >= 0.6 is 0 Å². The number of nitrogens with two attached hydrogens (primary N) is 1. The molecule has 0 unspecified atom stereocenters. The van der Waals surface area contributed by atoms with Crippen molar-refractivity contribution in [3.63, 3.8) is 0 Å². The van der Waals surface area contributed by atoms with Crippen molar-refractivity contribution in [3.8, 4) is 0 Å². The smallest absolute Gasteiger partial charge is 0.248 e. The van der Waals surface area contributed by atoms with Gasteiger partial charge in [-0.15, -0.1) is 0 Å². The van der Waals surface area contributed by atoms with Crippen molar-refractivity contribution in [3.05, 3.63) is 64.7 Å². The molecule has 1 aliphatic carbocycles.